The summed E-state index contributed by atoms with van der Waals surface area (Å²) in [5, 5.41) is 0. The van der Waals surface area contributed by atoms with Gasteiger partial charge in [-0.1, -0.05) is 48.5 Å². The van der Waals surface area contributed by atoms with Crippen LogP contribution in [0.15, 0.2) is 48.5 Å². The van der Waals surface area contributed by atoms with Crippen LogP contribution in [-0.2, 0) is 27.7 Å². The first-order valence-electron chi connectivity index (χ1n) is 5.06. The van der Waals surface area contributed by atoms with Crippen LogP contribution in [0.25, 0.3) is 0 Å². The van der Waals surface area contributed by atoms with Crippen molar-refractivity contribution in [3.63, 3.8) is 0 Å². The molecule has 3 heteroatoms. The summed E-state index contributed by atoms with van der Waals surface area (Å²) in [6, 6.07) is 13.9. The zero-order chi connectivity index (χ0) is 11.1. The van der Waals surface area contributed by atoms with Crippen LogP contribution in [0, 0.1) is 0 Å². The maximum atomic E-state index is 12.1. The molecule has 0 atom stereocenters. The van der Waals surface area contributed by atoms with Crippen LogP contribution >= 0.6 is 0 Å². The molecule has 78 valence electrons. The fourth-order valence-corrected chi connectivity index (χ4v) is 2.05. The van der Waals surface area contributed by atoms with E-state index in [1.807, 2.05) is 0 Å². The van der Waals surface area contributed by atoms with Crippen LogP contribution in [0.3, 0.4) is 0 Å². The molecule has 0 saturated heterocycles. The second kappa shape index (κ2) is 4.53. The minimum atomic E-state index is -0.0641. The van der Waals surface area contributed by atoms with E-state index in [0.29, 0.717) is 22.3 Å². The summed E-state index contributed by atoms with van der Waals surface area (Å²) in [6.07, 6.45) is 0. The third-order valence-electron chi connectivity index (χ3n) is 2.83. The Bertz CT molecular complexity index is 512. The van der Waals surface area contributed by atoms with Crippen molar-refractivity contribution in [2.24, 2.45) is 0 Å². The molecule has 0 saturated carbocycles. The van der Waals surface area contributed by atoms with E-state index < -0.39 is 0 Å². The third kappa shape index (κ3) is 1.76. The molecule has 1 aliphatic carbocycles. The van der Waals surface area contributed by atoms with E-state index in [2.05, 4.69) is 0 Å². The van der Waals surface area contributed by atoms with Gasteiger partial charge in [0.1, 0.15) is 0 Å². The van der Waals surface area contributed by atoms with Crippen LogP contribution in [0.4, 0.5) is 0 Å². The number of hydrogen-bond donors (Lipinski definition) is 0. The monoisotopic (exact) mass is 410 g/mol. The van der Waals surface area contributed by atoms with Crippen LogP contribution < -0.4 is 0 Å². The van der Waals surface area contributed by atoms with Crippen molar-refractivity contribution in [1.29, 1.82) is 0 Å². The van der Waals surface area contributed by atoms with Crippen molar-refractivity contribution in [2.45, 2.75) is 0 Å². The van der Waals surface area contributed by atoms with E-state index in [9.17, 15) is 9.59 Å². The fraction of sp³-hybridized carbons (Fsp3) is 0. The van der Waals surface area contributed by atoms with Gasteiger partial charge in [0, 0.05) is 49.9 Å². The van der Waals surface area contributed by atoms with Gasteiger partial charge in [-0.25, -0.2) is 0 Å². The summed E-state index contributed by atoms with van der Waals surface area (Å²) in [7, 11) is 0. The first-order valence-corrected chi connectivity index (χ1v) is 5.06. The Morgan fingerprint density at radius 3 is 1.00 bits per heavy atom. The Balaban J connectivity index is 0.00000108. The van der Waals surface area contributed by atoms with Crippen LogP contribution in [0.2, 0.25) is 0 Å². The Hall–Kier alpha value is -1.28. The van der Waals surface area contributed by atoms with Gasteiger partial charge in [0.25, 0.3) is 0 Å². The number of hydrogen-bond acceptors (Lipinski definition) is 2. The van der Waals surface area contributed by atoms with E-state index in [-0.39, 0.29) is 39.2 Å². The van der Waals surface area contributed by atoms with Crippen molar-refractivity contribution in [2.75, 3.05) is 0 Å². The number of ketones is 2. The van der Waals surface area contributed by atoms with E-state index in [4.69, 9.17) is 0 Å². The molecule has 2 nitrogen and oxygen atoms in total. The minimum absolute atomic E-state index is 0. The first kappa shape index (κ1) is 12.2. The molecule has 0 aliphatic heterocycles. The van der Waals surface area contributed by atoms with E-state index in [1.54, 1.807) is 48.5 Å². The summed E-state index contributed by atoms with van der Waals surface area (Å²) in [4.78, 5) is 24.2. The maximum Gasteiger partial charge on any atom is 0.194 e. The number of carbonyl (C=O) groups excluding carboxylic acids is 2. The number of fused-ring (bicyclic) bond motifs is 2. The predicted molar refractivity (Wildman–Crippen MR) is 59.7 cm³/mol. The molecule has 0 fully saturated rings. The van der Waals surface area contributed by atoms with Crippen molar-refractivity contribution in [3.8, 4) is 0 Å². The number of rotatable bonds is 0. The molecule has 2 aromatic carbocycles. The average molecular weight is 409 g/mol. The minimum Gasteiger partial charge on any atom is -0.289 e. The molecule has 0 heterocycles. The molecule has 0 spiro atoms. The third-order valence-corrected chi connectivity index (χ3v) is 2.83. The summed E-state index contributed by atoms with van der Waals surface area (Å²) in [6.45, 7) is 0. The number of carbonyl (C=O) groups is 2. The summed E-state index contributed by atoms with van der Waals surface area (Å²) in [5.74, 6) is -0.128. The van der Waals surface area contributed by atoms with Gasteiger partial charge < -0.3 is 0 Å². The van der Waals surface area contributed by atoms with Gasteiger partial charge in [-0.15, -0.1) is 0 Å². The standard InChI is InChI=1S/C14H8O2.Hg/c15-13-9-5-1-2-6-10(9)14(16)12-8-4-3-7-11(12)13;/h1-8H;. The second-order valence-electron chi connectivity index (χ2n) is 3.75. The Morgan fingerprint density at radius 2 is 0.765 bits per heavy atom. The second-order valence-corrected chi connectivity index (χ2v) is 3.75. The largest absolute Gasteiger partial charge is 0.289 e. The van der Waals surface area contributed by atoms with Crippen LogP contribution in [0.1, 0.15) is 31.8 Å². The van der Waals surface area contributed by atoms with Gasteiger partial charge in [0.05, 0.1) is 0 Å². The van der Waals surface area contributed by atoms with Gasteiger partial charge in [-0.2, -0.15) is 0 Å². The first-order chi connectivity index (χ1) is 7.79. The molecule has 0 amide bonds. The SMILES string of the molecule is O=C1c2ccccc2C(=O)c2ccccc21.[Hg]. The van der Waals surface area contributed by atoms with Crippen molar-refractivity contribution >= 4 is 11.6 Å². The Labute approximate surface area is 119 Å². The van der Waals surface area contributed by atoms with Crippen LogP contribution in [0.5, 0.6) is 0 Å². The molecule has 17 heavy (non-hydrogen) atoms. The quantitative estimate of drug-likeness (QED) is 0.536. The average Bonchev–Trinajstić information content (AvgIpc) is 2.36. The van der Waals surface area contributed by atoms with E-state index >= 15 is 0 Å². The van der Waals surface area contributed by atoms with E-state index in [0.717, 1.165) is 0 Å². The van der Waals surface area contributed by atoms with Gasteiger partial charge >= 0.3 is 0 Å². The van der Waals surface area contributed by atoms with E-state index in [1.165, 1.54) is 0 Å². The zero-order valence-corrected chi connectivity index (χ0v) is 14.6. The Kier molecular flexibility index (Phi) is 3.25. The molecular weight excluding hydrogens is 401 g/mol. The topological polar surface area (TPSA) is 34.1 Å². The summed E-state index contributed by atoms with van der Waals surface area (Å²) >= 11 is 0. The zero-order valence-electron chi connectivity index (χ0n) is 9.14. The van der Waals surface area contributed by atoms with Crippen molar-refractivity contribution in [3.05, 3.63) is 70.8 Å². The molecule has 0 radical (unpaired) electrons. The van der Waals surface area contributed by atoms with Crippen molar-refractivity contribution in [1.82, 2.24) is 0 Å². The molecule has 0 bridgehead atoms. The molecular formula is C14H8HgO2. The summed E-state index contributed by atoms with van der Waals surface area (Å²) in [5.41, 5.74) is 2.02. The fourth-order valence-electron chi connectivity index (χ4n) is 2.05. The Morgan fingerprint density at radius 1 is 0.529 bits per heavy atom. The van der Waals surface area contributed by atoms with Gasteiger partial charge in [0.15, 0.2) is 11.6 Å². The molecule has 0 N–H and O–H groups in total. The smallest absolute Gasteiger partial charge is 0.194 e. The molecule has 2 aromatic rings. The normalized spacial score (nSPS) is 12.5. The molecule has 0 unspecified atom stereocenters. The number of benzene rings is 2. The van der Waals surface area contributed by atoms with Gasteiger partial charge in [-0.05, 0) is 0 Å². The van der Waals surface area contributed by atoms with Crippen LogP contribution in [-0.4, -0.2) is 11.6 Å². The van der Waals surface area contributed by atoms with Gasteiger partial charge in [-0.3, -0.25) is 9.59 Å². The molecule has 3 rings (SSSR count). The van der Waals surface area contributed by atoms with Crippen molar-refractivity contribution < 1.29 is 37.3 Å². The maximum absolute atomic E-state index is 12.1. The summed E-state index contributed by atoms with van der Waals surface area (Å²) < 4.78 is 0. The predicted octanol–water partition coefficient (Wildman–Crippen LogP) is 2.46. The molecule has 0 aromatic heterocycles. The van der Waals surface area contributed by atoms with Gasteiger partial charge in [0.2, 0.25) is 0 Å². The molecule has 1 aliphatic rings.